The molecule has 1 aromatic carbocycles. The molecule has 0 aliphatic carbocycles. The van der Waals surface area contributed by atoms with Gasteiger partial charge in [0.25, 0.3) is 0 Å². The van der Waals surface area contributed by atoms with Gasteiger partial charge >= 0.3 is 0 Å². The first-order valence-corrected chi connectivity index (χ1v) is 5.95. The molecule has 0 nitrogen and oxygen atoms in total. The molecule has 0 aromatic heterocycles. The Morgan fingerprint density at radius 1 is 1.25 bits per heavy atom. The maximum Gasteiger partial charge on any atom is 0.0642 e. The van der Waals surface area contributed by atoms with Gasteiger partial charge in [-0.05, 0) is 36.0 Å². The van der Waals surface area contributed by atoms with E-state index in [-0.39, 0.29) is 0 Å². The van der Waals surface area contributed by atoms with Crippen LogP contribution in [0.2, 0.25) is 0 Å². The summed E-state index contributed by atoms with van der Waals surface area (Å²) in [6.45, 7) is 11.5. The van der Waals surface area contributed by atoms with Crippen LogP contribution < -0.4 is 0 Å². The lowest BCUT2D eigenvalue weighted by atomic mass is 9.97. The predicted octanol–water partition coefficient (Wildman–Crippen LogP) is 3.98. The van der Waals surface area contributed by atoms with Gasteiger partial charge in [0, 0.05) is 0 Å². The average molecular weight is 225 g/mol. The summed E-state index contributed by atoms with van der Waals surface area (Å²) in [5.41, 5.74) is 3.70. The van der Waals surface area contributed by atoms with E-state index in [2.05, 4.69) is 48.2 Å². The Morgan fingerprint density at radius 3 is 2.56 bits per heavy atom. The third-order valence-corrected chi connectivity index (χ3v) is 2.83. The first-order valence-electron chi connectivity index (χ1n) is 5.45. The van der Waals surface area contributed by atoms with Crippen molar-refractivity contribution in [2.24, 2.45) is 0 Å². The molecule has 1 rings (SSSR count). The number of hydrogen-bond acceptors (Lipinski definition) is 0. The zero-order valence-corrected chi connectivity index (χ0v) is 10.6. The molecule has 0 aliphatic heterocycles. The van der Waals surface area contributed by atoms with E-state index in [4.69, 9.17) is 0 Å². The summed E-state index contributed by atoms with van der Waals surface area (Å²) in [7, 11) is 3.43. The van der Waals surface area contributed by atoms with Crippen LogP contribution in [0.15, 0.2) is 43.1 Å². The highest BCUT2D eigenvalue weighted by Crippen LogP contribution is 2.19. The third kappa shape index (κ3) is 3.35. The Balaban J connectivity index is 2.82. The summed E-state index contributed by atoms with van der Waals surface area (Å²) in [6, 6.07) is 6.29. The van der Waals surface area contributed by atoms with Crippen molar-refractivity contribution in [2.45, 2.75) is 19.3 Å². The summed E-state index contributed by atoms with van der Waals surface area (Å²) in [5, 5.41) is 1.06. The van der Waals surface area contributed by atoms with Crippen LogP contribution in [0.4, 0.5) is 0 Å². The van der Waals surface area contributed by atoms with Crippen molar-refractivity contribution < 1.29 is 0 Å². The Hall–Kier alpha value is -1.34. The molecule has 0 saturated heterocycles. The van der Waals surface area contributed by atoms with Gasteiger partial charge in [-0.15, -0.1) is 6.58 Å². The van der Waals surface area contributed by atoms with E-state index in [9.17, 15) is 0 Å². The molecule has 3 radical (unpaired) electrons. The molecule has 0 spiro atoms. The molecule has 0 fully saturated rings. The molecule has 16 heavy (non-hydrogen) atoms. The van der Waals surface area contributed by atoms with Crippen molar-refractivity contribution in [1.82, 2.24) is 0 Å². The minimum atomic E-state index is 1.01. The van der Waals surface area contributed by atoms with Crippen molar-refractivity contribution in [1.29, 1.82) is 0 Å². The smallest absolute Gasteiger partial charge is 0.0642 e. The van der Waals surface area contributed by atoms with E-state index in [0.29, 0.717) is 0 Å². The maximum atomic E-state index is 3.87. The molecule has 81 valence electrons. The fourth-order valence-electron chi connectivity index (χ4n) is 1.77. The molecule has 0 N–H and O–H groups in total. The van der Waals surface area contributed by atoms with Crippen LogP contribution in [-0.4, -0.2) is 10.2 Å². The molecule has 1 heteroatoms. The Morgan fingerprint density at radius 2 is 2.00 bits per heavy atom. The topological polar surface area (TPSA) is 0 Å². The number of benzene rings is 1. The minimum Gasteiger partial charge on any atom is -0.105 e. The summed E-state index contributed by atoms with van der Waals surface area (Å²) >= 11 is 0. The lowest BCUT2D eigenvalue weighted by molar-refractivity contribution is 0.834. The Kier molecular flexibility index (Phi) is 5.00. The van der Waals surface area contributed by atoms with Gasteiger partial charge in [0.15, 0.2) is 0 Å². The SMILES string of the molecule is C=Cc1cccc(CCCC(=C)[Si])c1C=C. The van der Waals surface area contributed by atoms with Gasteiger partial charge in [-0.3, -0.25) is 0 Å². The molecule has 0 aliphatic rings. The molecule has 0 unspecified atom stereocenters. The normalized spacial score (nSPS) is 9.81. The largest absolute Gasteiger partial charge is 0.105 e. The molecule has 0 saturated carbocycles. The van der Waals surface area contributed by atoms with E-state index in [1.807, 2.05) is 12.2 Å². The molecule has 0 heterocycles. The van der Waals surface area contributed by atoms with E-state index in [1.54, 1.807) is 0 Å². The fourth-order valence-corrected chi connectivity index (χ4v) is 1.95. The Bertz CT molecular complexity index is 402. The summed E-state index contributed by atoms with van der Waals surface area (Å²) < 4.78 is 0. The summed E-state index contributed by atoms with van der Waals surface area (Å²) in [6.07, 6.45) is 6.94. The second-order valence-electron chi connectivity index (χ2n) is 3.79. The number of allylic oxidation sites excluding steroid dienone is 1. The van der Waals surface area contributed by atoms with Crippen LogP contribution in [-0.2, 0) is 6.42 Å². The highest BCUT2D eigenvalue weighted by Gasteiger charge is 2.02. The highest BCUT2D eigenvalue weighted by molar-refractivity contribution is 6.21. The maximum absolute atomic E-state index is 3.87. The van der Waals surface area contributed by atoms with Gasteiger partial charge in [0.1, 0.15) is 0 Å². The second-order valence-corrected chi connectivity index (χ2v) is 4.49. The molecule has 0 amide bonds. The first-order chi connectivity index (χ1) is 7.69. The van der Waals surface area contributed by atoms with Crippen LogP contribution in [0.1, 0.15) is 29.5 Å². The van der Waals surface area contributed by atoms with Gasteiger partial charge in [0.2, 0.25) is 0 Å². The van der Waals surface area contributed by atoms with Gasteiger partial charge in [-0.25, -0.2) is 0 Å². The first kappa shape index (κ1) is 12.7. The lowest BCUT2D eigenvalue weighted by Crippen LogP contribution is -1.93. The van der Waals surface area contributed by atoms with E-state index in [1.165, 1.54) is 11.1 Å². The van der Waals surface area contributed by atoms with Gasteiger partial charge in [-0.2, -0.15) is 0 Å². The quantitative estimate of drug-likeness (QED) is 0.642. The van der Waals surface area contributed by atoms with Gasteiger partial charge in [0.05, 0.1) is 10.2 Å². The number of rotatable bonds is 6. The zero-order valence-electron chi connectivity index (χ0n) is 9.63. The monoisotopic (exact) mass is 225 g/mol. The van der Waals surface area contributed by atoms with Crippen molar-refractivity contribution in [3.63, 3.8) is 0 Å². The lowest BCUT2D eigenvalue weighted by Gasteiger charge is -2.09. The molecule has 0 atom stereocenters. The van der Waals surface area contributed by atoms with Crippen molar-refractivity contribution in [3.8, 4) is 0 Å². The zero-order chi connectivity index (χ0) is 12.0. The van der Waals surface area contributed by atoms with Crippen LogP contribution >= 0.6 is 0 Å². The average Bonchev–Trinajstić information content (AvgIpc) is 2.28. The van der Waals surface area contributed by atoms with Gasteiger partial charge < -0.3 is 0 Å². The van der Waals surface area contributed by atoms with E-state index >= 15 is 0 Å². The number of hydrogen-bond donors (Lipinski definition) is 0. The standard InChI is InChI=1S/C15H17Si/c1-4-13-9-7-11-14(15(13)5-2)10-6-8-12(3)16/h4-5,7,9,11H,1-3,6,8,10H2. The molecule has 1 aromatic rings. The summed E-state index contributed by atoms with van der Waals surface area (Å²) in [4.78, 5) is 0. The van der Waals surface area contributed by atoms with Crippen LogP contribution in [0, 0.1) is 0 Å². The van der Waals surface area contributed by atoms with Crippen LogP contribution in [0.25, 0.3) is 12.2 Å². The van der Waals surface area contributed by atoms with Crippen molar-refractivity contribution in [2.75, 3.05) is 0 Å². The number of aryl methyl sites for hydroxylation is 1. The molecular formula is C15H17Si. The minimum absolute atomic E-state index is 1.01. The van der Waals surface area contributed by atoms with Crippen molar-refractivity contribution in [3.05, 3.63) is 59.8 Å². The fraction of sp³-hybridized carbons (Fsp3) is 0.200. The molecule has 0 bridgehead atoms. The van der Waals surface area contributed by atoms with Gasteiger partial charge in [-0.1, -0.05) is 48.7 Å². The molecular weight excluding hydrogens is 208 g/mol. The van der Waals surface area contributed by atoms with E-state index in [0.717, 1.165) is 30.0 Å². The third-order valence-electron chi connectivity index (χ3n) is 2.58. The van der Waals surface area contributed by atoms with Crippen molar-refractivity contribution >= 4 is 22.4 Å². The Labute approximate surface area is 102 Å². The summed E-state index contributed by atoms with van der Waals surface area (Å²) in [5.74, 6) is 0. The van der Waals surface area contributed by atoms with Crippen LogP contribution in [0.5, 0.6) is 0 Å². The second kappa shape index (κ2) is 6.29. The highest BCUT2D eigenvalue weighted by atomic mass is 28.1. The predicted molar refractivity (Wildman–Crippen MR) is 74.5 cm³/mol. The van der Waals surface area contributed by atoms with Crippen LogP contribution in [0.3, 0.4) is 0 Å². The van der Waals surface area contributed by atoms with E-state index < -0.39 is 0 Å².